The Kier molecular flexibility index (Phi) is 32.2. The molecule has 0 bridgehead atoms. The lowest BCUT2D eigenvalue weighted by atomic mass is 9.79. The summed E-state index contributed by atoms with van der Waals surface area (Å²) < 4.78 is 20.1. The lowest BCUT2D eigenvalue weighted by Gasteiger charge is -2.41. The van der Waals surface area contributed by atoms with Crippen molar-refractivity contribution in [2.75, 3.05) is 48.0 Å². The van der Waals surface area contributed by atoms with Crippen LogP contribution in [0.2, 0.25) is 0 Å². The number of rotatable bonds is 40. The van der Waals surface area contributed by atoms with Gasteiger partial charge in [0, 0.05) is 58.8 Å². The van der Waals surface area contributed by atoms with Crippen molar-refractivity contribution in [3.05, 3.63) is 82.9 Å². The van der Waals surface area contributed by atoms with Crippen LogP contribution in [-0.4, -0.2) is 155 Å². The monoisotopic (exact) mass is 1240 g/mol. The van der Waals surface area contributed by atoms with Crippen molar-refractivity contribution in [2.45, 2.75) is 240 Å². The van der Waals surface area contributed by atoms with Crippen molar-refractivity contribution in [3.63, 3.8) is 0 Å². The number of amides is 6. The van der Waals surface area contributed by atoms with Crippen LogP contribution < -0.4 is 21.5 Å². The van der Waals surface area contributed by atoms with E-state index in [0.29, 0.717) is 77.8 Å². The molecule has 9 unspecified atom stereocenters. The number of hydrogen-bond donors (Lipinski definition) is 6. The number of aromatic nitrogens is 1. The van der Waals surface area contributed by atoms with Gasteiger partial charge in [0.25, 0.3) is 0 Å². The van der Waals surface area contributed by atoms with Crippen LogP contribution in [0.4, 0.5) is 0 Å². The largest absolute Gasteiger partial charge is 0.494 e. The minimum Gasteiger partial charge on any atom is -0.494 e. The number of hydrazine groups is 1. The standard InChI is InChI=1S/C70H114N8O11/c1-16-20-29-51-35-37-53(38-36-51)45-89-46-54(42-52-30-23-21-24-31-52)71-66(83)50(10)65(88-15)56-32-27-41-77(56)61(82)44-57(87-14)64(49(9)17-2)76(13)69(86)62(47(5)6)72-67(84)63(48(7)8)75(12)39-28-34-59(80)74-73-58(79)33-25-22-26-40-78-60(81)43-55(68(78)85)70(11,18-3)19-4/h21,23-24,30-31,35-38,43,47-50,54,56-57,62-65,81,85H,16-20,22,25-29,32-34,39-42,44-46H2,1-15H3,(H,71,83)(H,72,84)(H,73,79)(H,74,80). The van der Waals surface area contributed by atoms with E-state index in [1.54, 1.807) is 32.2 Å². The average molecular weight is 1240 g/mol. The highest BCUT2D eigenvalue weighted by molar-refractivity contribution is 5.90. The molecule has 19 heteroatoms. The number of ether oxygens (including phenoxy) is 3. The third kappa shape index (κ3) is 22.4. The van der Waals surface area contributed by atoms with Crippen molar-refractivity contribution >= 4 is 35.4 Å². The summed E-state index contributed by atoms with van der Waals surface area (Å²) in [5.74, 6) is -2.74. The van der Waals surface area contributed by atoms with E-state index in [9.17, 15) is 39.0 Å². The Bertz CT molecular complexity index is 2630. The van der Waals surface area contributed by atoms with E-state index in [2.05, 4.69) is 73.4 Å². The molecule has 0 spiro atoms. The van der Waals surface area contributed by atoms with Gasteiger partial charge >= 0.3 is 0 Å². The molecule has 19 nitrogen and oxygen atoms in total. The van der Waals surface area contributed by atoms with E-state index in [1.165, 1.54) is 10.1 Å². The number of methoxy groups -OCH3 is 2. The number of nitrogens with zero attached hydrogens (tertiary/aromatic N) is 4. The number of hydrogen-bond acceptors (Lipinski definition) is 12. The SMILES string of the molecule is CCCCc1ccc(COCC(Cc2ccccc2)NC(=O)C(C)C(OC)C2CCCN2C(=O)CC(OC)C(C(C)CC)N(C)C(=O)C(NC(=O)C(C(C)C)N(C)CCCC(=O)NNC(=O)CCCCCn2c(O)cc(C(C)(CC)CC)c2O)C(C)C)cc1. The molecule has 1 saturated heterocycles. The van der Waals surface area contributed by atoms with Gasteiger partial charge < -0.3 is 44.9 Å². The molecule has 0 radical (unpaired) electrons. The summed E-state index contributed by atoms with van der Waals surface area (Å²) in [5.41, 5.74) is 8.94. The zero-order chi connectivity index (χ0) is 66.0. The van der Waals surface area contributed by atoms with Crippen molar-refractivity contribution in [1.82, 2.24) is 40.8 Å². The molecule has 500 valence electrons. The van der Waals surface area contributed by atoms with Crippen LogP contribution in [0.1, 0.15) is 188 Å². The number of likely N-dealkylation sites (N-methyl/N-ethyl adjacent to an activating group) is 2. The summed E-state index contributed by atoms with van der Waals surface area (Å²) in [6.07, 6.45) is 8.87. The van der Waals surface area contributed by atoms with Gasteiger partial charge in [-0.05, 0) is 118 Å². The number of carbonyl (C=O) groups is 6. The normalized spacial score (nSPS) is 16.3. The van der Waals surface area contributed by atoms with E-state index in [0.717, 1.165) is 55.2 Å². The van der Waals surface area contributed by atoms with Gasteiger partial charge in [0.1, 0.15) is 6.04 Å². The van der Waals surface area contributed by atoms with E-state index in [1.807, 2.05) is 95.6 Å². The minimum absolute atomic E-state index is 0.0207. The number of benzene rings is 2. The van der Waals surface area contributed by atoms with Crippen LogP contribution in [0, 0.1) is 23.7 Å². The van der Waals surface area contributed by atoms with Crippen LogP contribution in [0.15, 0.2) is 60.7 Å². The van der Waals surface area contributed by atoms with Gasteiger partial charge in [-0.1, -0.05) is 150 Å². The number of carbonyl (C=O) groups excluding carboxylic acids is 6. The average Bonchev–Trinajstić information content (AvgIpc) is 2.43. The lowest BCUT2D eigenvalue weighted by molar-refractivity contribution is -0.148. The number of aryl methyl sites for hydroxylation is 1. The van der Waals surface area contributed by atoms with Crippen LogP contribution in [0.25, 0.3) is 0 Å². The molecule has 1 aliphatic rings. The first-order valence-electron chi connectivity index (χ1n) is 33.2. The fourth-order valence-electron chi connectivity index (χ4n) is 12.6. The van der Waals surface area contributed by atoms with Gasteiger partial charge in [-0.2, -0.15) is 0 Å². The van der Waals surface area contributed by atoms with Crippen LogP contribution in [0.3, 0.4) is 0 Å². The van der Waals surface area contributed by atoms with Gasteiger partial charge in [-0.3, -0.25) is 49.1 Å². The third-order valence-electron chi connectivity index (χ3n) is 18.8. The molecule has 2 aromatic carbocycles. The molecule has 6 amide bonds. The number of unbranched alkanes of at least 4 members (excludes halogenated alkanes) is 3. The fourth-order valence-corrected chi connectivity index (χ4v) is 12.6. The molecule has 4 rings (SSSR count). The quantitative estimate of drug-likeness (QED) is 0.0231. The number of nitrogens with one attached hydrogen (secondary N) is 4. The molecule has 3 aromatic rings. The Labute approximate surface area is 533 Å². The zero-order valence-electron chi connectivity index (χ0n) is 56.8. The highest BCUT2D eigenvalue weighted by Crippen LogP contribution is 2.41. The minimum atomic E-state index is -0.905. The van der Waals surface area contributed by atoms with E-state index in [-0.39, 0.29) is 102 Å². The maximum absolute atomic E-state index is 14.8. The number of aromatic hydroxyl groups is 2. The third-order valence-corrected chi connectivity index (χ3v) is 18.8. The summed E-state index contributed by atoms with van der Waals surface area (Å²) in [7, 11) is 6.68. The Morgan fingerprint density at radius 1 is 0.753 bits per heavy atom. The predicted octanol–water partition coefficient (Wildman–Crippen LogP) is 9.77. The summed E-state index contributed by atoms with van der Waals surface area (Å²) in [6, 6.07) is 17.4. The first-order valence-corrected chi connectivity index (χ1v) is 33.2. The van der Waals surface area contributed by atoms with Crippen molar-refractivity contribution in [2.24, 2.45) is 23.7 Å². The highest BCUT2D eigenvalue weighted by atomic mass is 16.5. The molecule has 1 aliphatic heterocycles. The molecular weight excluding hydrogens is 1130 g/mol. The van der Waals surface area contributed by atoms with Gasteiger partial charge in [0.15, 0.2) is 11.8 Å². The Morgan fingerprint density at radius 3 is 1.98 bits per heavy atom. The van der Waals surface area contributed by atoms with Gasteiger partial charge in [0.2, 0.25) is 35.4 Å². The second kappa shape index (κ2) is 38.0. The first kappa shape index (κ1) is 75.4. The first-order chi connectivity index (χ1) is 42.4. The second-order valence-corrected chi connectivity index (χ2v) is 26.0. The van der Waals surface area contributed by atoms with Gasteiger partial charge in [0.05, 0.1) is 61.9 Å². The highest BCUT2D eigenvalue weighted by Gasteiger charge is 2.44. The van der Waals surface area contributed by atoms with Crippen LogP contribution >= 0.6 is 0 Å². The van der Waals surface area contributed by atoms with Crippen molar-refractivity contribution < 1.29 is 53.2 Å². The van der Waals surface area contributed by atoms with E-state index < -0.39 is 36.3 Å². The maximum Gasteiger partial charge on any atom is 0.245 e. The zero-order valence-corrected chi connectivity index (χ0v) is 56.8. The summed E-state index contributed by atoms with van der Waals surface area (Å²) in [6.45, 7) is 24.0. The second-order valence-electron chi connectivity index (χ2n) is 26.0. The topological polar surface area (TPSA) is 233 Å². The molecule has 1 fully saturated rings. The van der Waals surface area contributed by atoms with Gasteiger partial charge in [-0.25, -0.2) is 0 Å². The molecule has 89 heavy (non-hydrogen) atoms. The van der Waals surface area contributed by atoms with Crippen molar-refractivity contribution in [3.8, 4) is 11.8 Å². The fraction of sp³-hybridized carbons (Fsp3) is 0.686. The maximum atomic E-state index is 14.8. The molecular formula is C70H114N8O11. The lowest BCUT2D eigenvalue weighted by Crippen LogP contribution is -2.60. The molecule has 0 saturated carbocycles. The Hall–Kier alpha value is -6.02. The van der Waals surface area contributed by atoms with Gasteiger partial charge in [-0.15, -0.1) is 0 Å². The summed E-state index contributed by atoms with van der Waals surface area (Å²) >= 11 is 0. The van der Waals surface area contributed by atoms with Crippen LogP contribution in [-0.2, 0) is 74.4 Å². The van der Waals surface area contributed by atoms with Crippen molar-refractivity contribution in [1.29, 1.82) is 0 Å². The molecule has 6 N–H and O–H groups in total. The smallest absolute Gasteiger partial charge is 0.245 e. The van der Waals surface area contributed by atoms with E-state index in [4.69, 9.17) is 14.2 Å². The van der Waals surface area contributed by atoms with E-state index >= 15 is 0 Å². The molecule has 0 aliphatic carbocycles. The molecule has 9 atom stereocenters. The Morgan fingerprint density at radius 2 is 1.39 bits per heavy atom. The Balaban J connectivity index is 1.32. The predicted molar refractivity (Wildman–Crippen MR) is 351 cm³/mol. The summed E-state index contributed by atoms with van der Waals surface area (Å²) in [5, 5.41) is 27.8. The summed E-state index contributed by atoms with van der Waals surface area (Å²) in [4.78, 5) is 88.9. The molecule has 1 aromatic heterocycles. The molecule has 2 heterocycles. The van der Waals surface area contributed by atoms with Crippen LogP contribution in [0.5, 0.6) is 11.8 Å². The number of likely N-dealkylation sites (tertiary alicyclic amines) is 1.